The highest BCUT2D eigenvalue weighted by Crippen LogP contribution is 2.33. The zero-order chi connectivity index (χ0) is 15.3. The summed E-state index contributed by atoms with van der Waals surface area (Å²) in [5.41, 5.74) is 0.331. The second-order valence-electron chi connectivity index (χ2n) is 6.19. The van der Waals surface area contributed by atoms with Gasteiger partial charge >= 0.3 is 5.97 Å². The van der Waals surface area contributed by atoms with Gasteiger partial charge in [0.1, 0.15) is 5.75 Å². The summed E-state index contributed by atoms with van der Waals surface area (Å²) >= 11 is 0. The minimum atomic E-state index is -0.845. The van der Waals surface area contributed by atoms with Gasteiger partial charge in [-0.25, -0.2) is 0 Å². The second kappa shape index (κ2) is 6.75. The second-order valence-corrected chi connectivity index (χ2v) is 6.19. The van der Waals surface area contributed by atoms with E-state index in [1.54, 1.807) is 0 Å². The maximum Gasteiger partial charge on any atom is 0.303 e. The zero-order valence-corrected chi connectivity index (χ0v) is 12.6. The van der Waals surface area contributed by atoms with Gasteiger partial charge in [-0.3, -0.25) is 4.79 Å². The van der Waals surface area contributed by atoms with Gasteiger partial charge in [0.15, 0.2) is 0 Å². The van der Waals surface area contributed by atoms with Crippen molar-refractivity contribution in [2.75, 3.05) is 0 Å². The predicted molar refractivity (Wildman–Crippen MR) is 77.8 cm³/mol. The topological polar surface area (TPSA) is 66.8 Å². The fraction of sp³-hybridized carbons (Fsp3) is 0.562. The van der Waals surface area contributed by atoms with E-state index < -0.39 is 17.5 Å². The van der Waals surface area contributed by atoms with Crippen LogP contribution in [-0.4, -0.2) is 22.3 Å². The molecule has 1 atom stereocenters. The van der Waals surface area contributed by atoms with E-state index in [9.17, 15) is 9.90 Å². The molecule has 0 heterocycles. The van der Waals surface area contributed by atoms with Gasteiger partial charge in [-0.1, -0.05) is 26.0 Å². The van der Waals surface area contributed by atoms with Crippen LogP contribution in [-0.2, 0) is 4.79 Å². The normalized spacial score (nSPS) is 13.3. The van der Waals surface area contributed by atoms with Gasteiger partial charge in [0.2, 0.25) is 0 Å². The molecule has 0 saturated heterocycles. The van der Waals surface area contributed by atoms with Gasteiger partial charge < -0.3 is 14.9 Å². The highest BCUT2D eigenvalue weighted by atomic mass is 16.5. The summed E-state index contributed by atoms with van der Waals surface area (Å²) in [6.07, 6.45) is -0.111. The lowest BCUT2D eigenvalue weighted by Gasteiger charge is -2.25. The molecular formula is C16H24O4. The highest BCUT2D eigenvalue weighted by Gasteiger charge is 2.26. The van der Waals surface area contributed by atoms with Crippen molar-refractivity contribution in [2.45, 2.75) is 52.7 Å². The van der Waals surface area contributed by atoms with Crippen LogP contribution in [0.3, 0.4) is 0 Å². The number of rotatable bonds is 7. The van der Waals surface area contributed by atoms with Crippen LogP contribution < -0.4 is 4.74 Å². The van der Waals surface area contributed by atoms with Crippen LogP contribution >= 0.6 is 0 Å². The number of benzene rings is 1. The van der Waals surface area contributed by atoms with Crippen LogP contribution in [0.4, 0.5) is 0 Å². The Morgan fingerprint density at radius 3 is 2.25 bits per heavy atom. The predicted octanol–water partition coefficient (Wildman–Crippen LogP) is 3.40. The Hall–Kier alpha value is -1.55. The molecule has 2 N–H and O–H groups in total. The van der Waals surface area contributed by atoms with E-state index in [1.165, 1.54) is 0 Å². The van der Waals surface area contributed by atoms with Crippen LogP contribution in [0.1, 0.15) is 52.2 Å². The molecule has 0 aliphatic rings. The van der Waals surface area contributed by atoms with Crippen molar-refractivity contribution >= 4 is 5.97 Å². The largest absolute Gasteiger partial charge is 0.491 e. The molecule has 4 nitrogen and oxygen atoms in total. The van der Waals surface area contributed by atoms with E-state index >= 15 is 0 Å². The third-order valence-corrected chi connectivity index (χ3v) is 3.01. The van der Waals surface area contributed by atoms with Gasteiger partial charge in [-0.05, 0) is 43.4 Å². The molecule has 0 fully saturated rings. The summed E-state index contributed by atoms with van der Waals surface area (Å²) in [5.74, 6) is -0.0800. The minimum absolute atomic E-state index is 0.0403. The van der Waals surface area contributed by atoms with Gasteiger partial charge in [-0.2, -0.15) is 0 Å². The van der Waals surface area contributed by atoms with E-state index in [0.29, 0.717) is 6.42 Å². The van der Waals surface area contributed by atoms with Crippen molar-refractivity contribution in [1.29, 1.82) is 0 Å². The number of carboxylic acids is 1. The summed E-state index contributed by atoms with van der Waals surface area (Å²) in [7, 11) is 0. The lowest BCUT2D eigenvalue weighted by Crippen LogP contribution is -2.20. The first-order valence-corrected chi connectivity index (χ1v) is 6.86. The van der Waals surface area contributed by atoms with E-state index in [2.05, 4.69) is 0 Å². The number of aliphatic hydroxyl groups is 1. The van der Waals surface area contributed by atoms with Crippen molar-refractivity contribution in [3.63, 3.8) is 0 Å². The average molecular weight is 280 g/mol. The van der Waals surface area contributed by atoms with Gasteiger partial charge in [-0.15, -0.1) is 0 Å². The average Bonchev–Trinajstić information content (AvgIpc) is 2.26. The quantitative estimate of drug-likeness (QED) is 0.803. The number of hydrogen-bond donors (Lipinski definition) is 2. The lowest BCUT2D eigenvalue weighted by atomic mass is 9.82. The molecule has 112 valence electrons. The van der Waals surface area contributed by atoms with E-state index in [4.69, 9.17) is 9.84 Å². The van der Waals surface area contributed by atoms with Crippen LogP contribution in [0, 0.1) is 5.41 Å². The summed E-state index contributed by atoms with van der Waals surface area (Å²) in [4.78, 5) is 10.8. The van der Waals surface area contributed by atoms with Crippen molar-refractivity contribution < 1.29 is 19.7 Å². The standard InChI is InChI=1S/C16H24O4/c1-11(2)20-13-7-5-12(6-8-13)14(17)9-16(3,4)10-15(18)19/h5-8,11,14,17H,9-10H2,1-4H3,(H,18,19). The van der Waals surface area contributed by atoms with Crippen molar-refractivity contribution in [3.05, 3.63) is 29.8 Å². The Bertz CT molecular complexity index is 434. The molecule has 0 bridgehead atoms. The molecule has 1 aromatic carbocycles. The summed E-state index contributed by atoms with van der Waals surface area (Å²) < 4.78 is 5.54. The maximum absolute atomic E-state index is 10.8. The highest BCUT2D eigenvalue weighted by molar-refractivity contribution is 5.67. The van der Waals surface area contributed by atoms with E-state index in [1.807, 2.05) is 52.0 Å². The summed E-state index contributed by atoms with van der Waals surface area (Å²) in [6, 6.07) is 7.28. The third-order valence-electron chi connectivity index (χ3n) is 3.01. The monoisotopic (exact) mass is 280 g/mol. The Morgan fingerprint density at radius 2 is 1.80 bits per heavy atom. The lowest BCUT2D eigenvalue weighted by molar-refractivity contribution is -0.139. The first-order valence-electron chi connectivity index (χ1n) is 6.86. The Kier molecular flexibility index (Phi) is 5.57. The number of carbonyl (C=O) groups is 1. The molecule has 0 spiro atoms. The molecule has 0 aliphatic carbocycles. The Labute approximate surface area is 120 Å². The number of aliphatic hydroxyl groups excluding tert-OH is 1. The molecular weight excluding hydrogens is 256 g/mol. The third kappa shape index (κ3) is 5.61. The summed E-state index contributed by atoms with van der Waals surface area (Å²) in [6.45, 7) is 7.61. The molecule has 20 heavy (non-hydrogen) atoms. The SMILES string of the molecule is CC(C)Oc1ccc(C(O)CC(C)(C)CC(=O)O)cc1. The molecule has 0 radical (unpaired) electrons. The van der Waals surface area contributed by atoms with Crippen LogP contribution in [0.25, 0.3) is 0 Å². The van der Waals surface area contributed by atoms with Gasteiger partial charge in [0.05, 0.1) is 18.6 Å². The van der Waals surface area contributed by atoms with Crippen molar-refractivity contribution in [2.24, 2.45) is 5.41 Å². The fourth-order valence-electron chi connectivity index (χ4n) is 2.16. The first-order chi connectivity index (χ1) is 9.19. The molecule has 4 heteroatoms. The number of hydrogen-bond acceptors (Lipinski definition) is 3. The maximum atomic E-state index is 10.8. The van der Waals surface area contributed by atoms with Crippen LogP contribution in [0.5, 0.6) is 5.75 Å². The fourth-order valence-corrected chi connectivity index (χ4v) is 2.16. The Morgan fingerprint density at radius 1 is 1.25 bits per heavy atom. The number of aliphatic carboxylic acids is 1. The van der Waals surface area contributed by atoms with Gasteiger partial charge in [0, 0.05) is 0 Å². The Balaban J connectivity index is 2.67. The number of carboxylic acid groups (broad SMARTS) is 1. The minimum Gasteiger partial charge on any atom is -0.491 e. The van der Waals surface area contributed by atoms with Crippen LogP contribution in [0.15, 0.2) is 24.3 Å². The smallest absolute Gasteiger partial charge is 0.303 e. The van der Waals surface area contributed by atoms with Crippen molar-refractivity contribution in [1.82, 2.24) is 0 Å². The molecule has 0 amide bonds. The molecule has 0 aliphatic heterocycles. The van der Waals surface area contributed by atoms with Crippen LogP contribution in [0.2, 0.25) is 0 Å². The summed E-state index contributed by atoms with van der Waals surface area (Å²) in [5, 5.41) is 19.1. The molecule has 0 saturated carbocycles. The van der Waals surface area contributed by atoms with E-state index in [0.717, 1.165) is 11.3 Å². The number of ether oxygens (including phenoxy) is 1. The van der Waals surface area contributed by atoms with Gasteiger partial charge in [0.25, 0.3) is 0 Å². The first kappa shape index (κ1) is 16.5. The molecule has 1 unspecified atom stereocenters. The molecule has 1 aromatic rings. The molecule has 1 rings (SSSR count). The van der Waals surface area contributed by atoms with E-state index in [-0.39, 0.29) is 12.5 Å². The zero-order valence-electron chi connectivity index (χ0n) is 12.6. The molecule has 0 aromatic heterocycles. The van der Waals surface area contributed by atoms with Crippen molar-refractivity contribution in [3.8, 4) is 5.75 Å².